The lowest BCUT2D eigenvalue weighted by atomic mass is 9.95. The first-order valence-electron chi connectivity index (χ1n) is 12.2. The number of Topliss-reactive ketones (excluding diaryl/α,β-unsaturated/α-hetero) is 2. The molecule has 0 aliphatic heterocycles. The Morgan fingerprint density at radius 3 is 1.53 bits per heavy atom. The zero-order chi connectivity index (χ0) is 27.1. The molecule has 0 radical (unpaired) electrons. The fourth-order valence-electron chi connectivity index (χ4n) is 4.19. The van der Waals surface area contributed by atoms with Gasteiger partial charge in [0.1, 0.15) is 23.0 Å². The summed E-state index contributed by atoms with van der Waals surface area (Å²) in [5, 5.41) is 0. The predicted molar refractivity (Wildman–Crippen MR) is 147 cm³/mol. The van der Waals surface area contributed by atoms with Crippen LogP contribution in [0.2, 0.25) is 0 Å². The third kappa shape index (κ3) is 6.21. The summed E-state index contributed by atoms with van der Waals surface area (Å²) in [6.45, 7) is 0. The molecular formula is C32H30O6. The zero-order valence-electron chi connectivity index (χ0n) is 21.9. The van der Waals surface area contributed by atoms with E-state index in [1.54, 1.807) is 57.7 Å². The molecule has 0 saturated heterocycles. The number of ketones is 2. The molecule has 4 rings (SSSR count). The molecule has 6 heteroatoms. The van der Waals surface area contributed by atoms with E-state index in [4.69, 9.17) is 18.9 Å². The van der Waals surface area contributed by atoms with Crippen LogP contribution in [0.4, 0.5) is 0 Å². The maximum Gasteiger partial charge on any atom is 0.233 e. The Morgan fingerprint density at radius 2 is 0.947 bits per heavy atom. The van der Waals surface area contributed by atoms with Crippen molar-refractivity contribution in [3.8, 4) is 34.1 Å². The van der Waals surface area contributed by atoms with E-state index in [2.05, 4.69) is 18.2 Å². The van der Waals surface area contributed by atoms with Gasteiger partial charge < -0.3 is 18.9 Å². The zero-order valence-corrected chi connectivity index (χ0v) is 21.9. The Balaban J connectivity index is 1.63. The van der Waals surface area contributed by atoms with Gasteiger partial charge >= 0.3 is 0 Å². The second-order valence-corrected chi connectivity index (χ2v) is 8.75. The molecule has 4 aromatic carbocycles. The van der Waals surface area contributed by atoms with Crippen LogP contribution in [-0.4, -0.2) is 40.0 Å². The summed E-state index contributed by atoms with van der Waals surface area (Å²) in [6.07, 6.45) is 1.64. The number of rotatable bonds is 11. The molecule has 0 bridgehead atoms. The molecule has 0 aliphatic rings. The highest BCUT2D eigenvalue weighted by atomic mass is 16.5. The van der Waals surface area contributed by atoms with Crippen LogP contribution in [0.1, 0.15) is 31.8 Å². The lowest BCUT2D eigenvalue weighted by Crippen LogP contribution is -2.14. The maximum atomic E-state index is 13.2. The minimum Gasteiger partial charge on any atom is -0.497 e. The van der Waals surface area contributed by atoms with Gasteiger partial charge in [0.2, 0.25) is 11.6 Å². The molecule has 0 aliphatic carbocycles. The third-order valence-electron chi connectivity index (χ3n) is 6.36. The molecule has 38 heavy (non-hydrogen) atoms. The van der Waals surface area contributed by atoms with Crippen LogP contribution in [0.25, 0.3) is 11.1 Å². The summed E-state index contributed by atoms with van der Waals surface area (Å²) >= 11 is 0. The molecule has 0 N–H and O–H groups in total. The molecule has 0 fully saturated rings. The Kier molecular flexibility index (Phi) is 8.44. The van der Waals surface area contributed by atoms with E-state index in [0.29, 0.717) is 22.8 Å². The van der Waals surface area contributed by atoms with Gasteiger partial charge in [0.15, 0.2) is 0 Å². The average Bonchev–Trinajstić information content (AvgIpc) is 2.99. The molecule has 0 aromatic heterocycles. The number of hydrogen-bond acceptors (Lipinski definition) is 6. The van der Waals surface area contributed by atoms with Crippen molar-refractivity contribution < 1.29 is 28.5 Å². The van der Waals surface area contributed by atoms with Crippen LogP contribution in [0, 0.1) is 0 Å². The summed E-state index contributed by atoms with van der Waals surface area (Å²) in [6, 6.07) is 25.6. The third-order valence-corrected chi connectivity index (χ3v) is 6.36. The van der Waals surface area contributed by atoms with E-state index in [1.165, 1.54) is 12.7 Å². The summed E-state index contributed by atoms with van der Waals surface area (Å²) in [5.74, 6) is 1.41. The van der Waals surface area contributed by atoms with Crippen molar-refractivity contribution in [2.45, 2.75) is 12.8 Å². The van der Waals surface area contributed by atoms with Crippen LogP contribution in [0.15, 0.2) is 84.9 Å². The van der Waals surface area contributed by atoms with E-state index < -0.39 is 11.6 Å². The highest BCUT2D eigenvalue weighted by Crippen LogP contribution is 2.31. The first-order valence-corrected chi connectivity index (χ1v) is 12.2. The Morgan fingerprint density at radius 1 is 0.474 bits per heavy atom. The largest absolute Gasteiger partial charge is 0.497 e. The molecule has 0 saturated carbocycles. The van der Waals surface area contributed by atoms with Crippen LogP contribution in [0.5, 0.6) is 23.0 Å². The molecule has 0 unspecified atom stereocenters. The van der Waals surface area contributed by atoms with E-state index >= 15 is 0 Å². The number of aryl methyl sites for hydroxylation is 2. The Labute approximate surface area is 222 Å². The van der Waals surface area contributed by atoms with Gasteiger partial charge in [0.25, 0.3) is 0 Å². The Bertz CT molecular complexity index is 1420. The van der Waals surface area contributed by atoms with Gasteiger partial charge in [-0.15, -0.1) is 0 Å². The van der Waals surface area contributed by atoms with Crippen molar-refractivity contribution in [3.63, 3.8) is 0 Å². The van der Waals surface area contributed by atoms with Crippen LogP contribution in [-0.2, 0) is 12.8 Å². The normalized spacial score (nSPS) is 10.5. The maximum absolute atomic E-state index is 13.2. The molecule has 0 heterocycles. The van der Waals surface area contributed by atoms with Crippen LogP contribution < -0.4 is 18.9 Å². The lowest BCUT2D eigenvalue weighted by Gasteiger charge is -2.12. The van der Waals surface area contributed by atoms with Crippen LogP contribution >= 0.6 is 0 Å². The summed E-state index contributed by atoms with van der Waals surface area (Å²) < 4.78 is 21.4. The summed E-state index contributed by atoms with van der Waals surface area (Å²) in [5.41, 5.74) is 4.44. The smallest absolute Gasteiger partial charge is 0.233 e. The van der Waals surface area contributed by atoms with E-state index in [-0.39, 0.29) is 5.56 Å². The number of carbonyl (C=O) groups is 2. The van der Waals surface area contributed by atoms with Crippen molar-refractivity contribution in [3.05, 3.63) is 107 Å². The van der Waals surface area contributed by atoms with E-state index in [1.807, 2.05) is 30.3 Å². The highest BCUT2D eigenvalue weighted by molar-refractivity contribution is 6.49. The first kappa shape index (κ1) is 26.5. The SMILES string of the molecule is COc1ccc(CCc2cc(OC)cc(-c3cc(OC)cc(C(=O)C(=O)c4ccc(OC)cc4)c3)c2)cc1. The number of methoxy groups -OCH3 is 4. The standard InChI is InChI=1S/C32H30O6/c1-35-27-11-7-21(8-12-27)5-6-22-15-24(18-29(16-22)37-3)25-17-26(20-30(19-25)38-4)32(34)31(33)23-9-13-28(36-2)14-10-23/h7-20H,5-6H2,1-4H3. The van der Waals surface area contributed by atoms with Gasteiger partial charge in [-0.3, -0.25) is 9.59 Å². The van der Waals surface area contributed by atoms with Crippen molar-refractivity contribution in [2.24, 2.45) is 0 Å². The molecular weight excluding hydrogens is 480 g/mol. The number of carbonyl (C=O) groups excluding carboxylic acids is 2. The highest BCUT2D eigenvalue weighted by Gasteiger charge is 2.20. The topological polar surface area (TPSA) is 71.1 Å². The van der Waals surface area contributed by atoms with Crippen molar-refractivity contribution in [2.75, 3.05) is 28.4 Å². The second-order valence-electron chi connectivity index (χ2n) is 8.75. The predicted octanol–water partition coefficient (Wildman–Crippen LogP) is 6.24. The number of hydrogen-bond donors (Lipinski definition) is 0. The first-order chi connectivity index (χ1) is 18.4. The molecule has 0 amide bonds. The molecule has 194 valence electrons. The fourth-order valence-corrected chi connectivity index (χ4v) is 4.19. The molecule has 0 spiro atoms. The fraction of sp³-hybridized carbons (Fsp3) is 0.188. The van der Waals surface area contributed by atoms with Gasteiger partial charge in [-0.1, -0.05) is 18.2 Å². The van der Waals surface area contributed by atoms with Gasteiger partial charge in [-0.05, 0) is 102 Å². The lowest BCUT2D eigenvalue weighted by molar-refractivity contribution is 0.0817. The van der Waals surface area contributed by atoms with E-state index in [0.717, 1.165) is 35.3 Å². The van der Waals surface area contributed by atoms with Crippen LogP contribution in [0.3, 0.4) is 0 Å². The minimum atomic E-state index is -0.613. The number of benzene rings is 4. The Hall–Kier alpha value is -4.58. The average molecular weight is 511 g/mol. The minimum absolute atomic E-state index is 0.253. The van der Waals surface area contributed by atoms with Gasteiger partial charge in [-0.2, -0.15) is 0 Å². The quantitative estimate of drug-likeness (QED) is 0.176. The van der Waals surface area contributed by atoms with Crippen molar-refractivity contribution in [1.29, 1.82) is 0 Å². The monoisotopic (exact) mass is 510 g/mol. The van der Waals surface area contributed by atoms with Gasteiger partial charge in [0, 0.05) is 11.1 Å². The number of ether oxygens (including phenoxy) is 4. The molecule has 0 atom stereocenters. The van der Waals surface area contributed by atoms with Gasteiger partial charge in [-0.25, -0.2) is 0 Å². The van der Waals surface area contributed by atoms with Gasteiger partial charge in [0.05, 0.1) is 28.4 Å². The summed E-state index contributed by atoms with van der Waals surface area (Å²) in [7, 11) is 6.35. The molecule has 6 nitrogen and oxygen atoms in total. The van der Waals surface area contributed by atoms with E-state index in [9.17, 15) is 9.59 Å². The molecule has 4 aromatic rings. The second kappa shape index (κ2) is 12.1. The summed E-state index contributed by atoms with van der Waals surface area (Å²) in [4.78, 5) is 26.1. The van der Waals surface area contributed by atoms with Crippen molar-refractivity contribution >= 4 is 11.6 Å². The van der Waals surface area contributed by atoms with Crippen molar-refractivity contribution in [1.82, 2.24) is 0 Å².